The molecular formula is C16H12F3N3O3S. The molecular weight excluding hydrogens is 371 g/mol. The summed E-state index contributed by atoms with van der Waals surface area (Å²) in [4.78, 5) is 36.1. The van der Waals surface area contributed by atoms with Crippen LogP contribution in [0.25, 0.3) is 5.69 Å². The van der Waals surface area contributed by atoms with Crippen LogP contribution in [0.3, 0.4) is 0 Å². The van der Waals surface area contributed by atoms with Crippen molar-refractivity contribution in [1.82, 2.24) is 9.88 Å². The van der Waals surface area contributed by atoms with Crippen LogP contribution in [0.15, 0.2) is 29.1 Å². The van der Waals surface area contributed by atoms with Crippen molar-refractivity contribution >= 4 is 29.4 Å². The average Bonchev–Trinajstić information content (AvgIpc) is 2.82. The number of nitrogen functional groups attached to an aromatic ring is 1. The highest BCUT2D eigenvalue weighted by Gasteiger charge is 2.37. The first-order chi connectivity index (χ1) is 12.2. The van der Waals surface area contributed by atoms with Gasteiger partial charge in [0.05, 0.1) is 22.4 Å². The lowest BCUT2D eigenvalue weighted by Gasteiger charge is -2.20. The molecule has 1 aromatic heterocycles. The minimum absolute atomic E-state index is 0.188. The Kier molecular flexibility index (Phi) is 4.31. The molecule has 0 radical (unpaired) electrons. The summed E-state index contributed by atoms with van der Waals surface area (Å²) in [5, 5.41) is 1.98. The third kappa shape index (κ3) is 2.75. The largest absolute Gasteiger partial charge is 0.418 e. The van der Waals surface area contributed by atoms with Gasteiger partial charge in [-0.2, -0.15) is 24.9 Å². The third-order valence-electron chi connectivity index (χ3n) is 3.90. The highest BCUT2D eigenvalue weighted by atomic mass is 32.2. The Morgan fingerprint density at radius 2 is 1.88 bits per heavy atom. The Morgan fingerprint density at radius 3 is 2.50 bits per heavy atom. The third-order valence-corrected chi connectivity index (χ3v) is 4.50. The number of para-hydroxylation sites is 1. The van der Waals surface area contributed by atoms with E-state index in [9.17, 15) is 27.6 Å². The van der Waals surface area contributed by atoms with E-state index in [1.165, 1.54) is 23.9 Å². The number of carbonyl (C=O) groups excluding carboxylic acids is 2. The summed E-state index contributed by atoms with van der Waals surface area (Å²) >= 11 is 1.26. The molecule has 6 nitrogen and oxygen atoms in total. The predicted octanol–water partition coefficient (Wildman–Crippen LogP) is 2.19. The van der Waals surface area contributed by atoms with Gasteiger partial charge in [-0.05, 0) is 17.9 Å². The average molecular weight is 383 g/mol. The fraction of sp³-hybridized carbons (Fsp3) is 0.188. The van der Waals surface area contributed by atoms with Gasteiger partial charge in [-0.15, -0.1) is 0 Å². The molecule has 0 atom stereocenters. The molecule has 1 aliphatic heterocycles. The number of fused-ring (bicyclic) bond motifs is 1. The van der Waals surface area contributed by atoms with Crippen molar-refractivity contribution in [3.8, 4) is 5.69 Å². The number of hydrogen-bond acceptors (Lipinski definition) is 5. The van der Waals surface area contributed by atoms with Crippen LogP contribution in [-0.4, -0.2) is 22.6 Å². The van der Waals surface area contributed by atoms with Crippen LogP contribution in [0.1, 0.15) is 31.8 Å². The number of carbonyl (C=O) groups is 2. The first-order valence-corrected chi connectivity index (χ1v) is 8.65. The zero-order valence-corrected chi connectivity index (χ0v) is 14.1. The molecule has 1 aliphatic rings. The summed E-state index contributed by atoms with van der Waals surface area (Å²) in [6, 6.07) is 4.35. The highest BCUT2D eigenvalue weighted by Crippen LogP contribution is 2.37. The molecule has 0 bridgehead atoms. The maximum atomic E-state index is 13.5. The Morgan fingerprint density at radius 1 is 1.19 bits per heavy atom. The summed E-state index contributed by atoms with van der Waals surface area (Å²) in [7, 11) is 0. The zero-order valence-electron chi connectivity index (χ0n) is 13.3. The number of hydrogen-bond donors (Lipinski definition) is 2. The number of rotatable bonds is 3. The molecule has 10 heteroatoms. The number of nitrogens with zero attached hydrogens (tertiary/aromatic N) is 1. The quantitative estimate of drug-likeness (QED) is 0.793. The molecule has 2 amide bonds. The zero-order chi connectivity index (χ0) is 19.2. The van der Waals surface area contributed by atoms with Crippen molar-refractivity contribution < 1.29 is 22.8 Å². The van der Waals surface area contributed by atoms with Crippen molar-refractivity contribution in [3.63, 3.8) is 0 Å². The van der Waals surface area contributed by atoms with Crippen molar-refractivity contribution in [2.75, 3.05) is 12.0 Å². The number of pyridine rings is 1. The molecule has 0 fully saturated rings. The fourth-order valence-corrected chi connectivity index (χ4v) is 3.41. The molecule has 3 N–H and O–H groups in total. The van der Waals surface area contributed by atoms with Crippen LogP contribution in [0.2, 0.25) is 0 Å². The number of aromatic nitrogens is 1. The van der Waals surface area contributed by atoms with Gasteiger partial charge in [0.2, 0.25) is 0 Å². The van der Waals surface area contributed by atoms with E-state index >= 15 is 0 Å². The minimum atomic E-state index is -4.74. The smallest absolute Gasteiger partial charge is 0.384 e. The van der Waals surface area contributed by atoms with Gasteiger partial charge in [0.25, 0.3) is 17.4 Å². The number of nitrogens with one attached hydrogen (secondary N) is 1. The standard InChI is InChI=1S/C16H12F3N3O3S/c1-26-6-7-3-2-4-9(16(17,18)19)12(7)22-10(23)5-8-11(13(22)20)15(25)21-14(8)24/h2-5H,6,20H2,1H3,(H,21,24,25). The van der Waals surface area contributed by atoms with E-state index in [0.717, 1.165) is 12.1 Å². The maximum absolute atomic E-state index is 13.5. The Bertz CT molecular complexity index is 999. The van der Waals surface area contributed by atoms with Gasteiger partial charge in [-0.3, -0.25) is 24.3 Å². The molecule has 0 saturated heterocycles. The van der Waals surface area contributed by atoms with Crippen molar-refractivity contribution in [1.29, 1.82) is 0 Å². The van der Waals surface area contributed by atoms with Crippen LogP contribution in [-0.2, 0) is 11.9 Å². The Labute approximate surface area is 149 Å². The second kappa shape index (κ2) is 6.20. The van der Waals surface area contributed by atoms with Gasteiger partial charge in [0.15, 0.2) is 0 Å². The SMILES string of the molecule is CSCc1cccc(C(F)(F)F)c1-n1c(N)c2c(cc1=O)C(=O)NC2=O. The van der Waals surface area contributed by atoms with Gasteiger partial charge in [0, 0.05) is 11.8 Å². The lowest BCUT2D eigenvalue weighted by Crippen LogP contribution is -2.27. The topological polar surface area (TPSA) is 94.2 Å². The molecule has 1 aromatic carbocycles. The summed E-state index contributed by atoms with van der Waals surface area (Å²) in [6.07, 6.45) is -3.04. The van der Waals surface area contributed by atoms with E-state index < -0.39 is 40.6 Å². The normalized spacial score (nSPS) is 13.7. The molecule has 0 spiro atoms. The molecule has 0 saturated carbocycles. The minimum Gasteiger partial charge on any atom is -0.384 e. The second-order valence-corrected chi connectivity index (χ2v) is 6.39. The number of amides is 2. The number of benzene rings is 1. The summed E-state index contributed by atoms with van der Waals surface area (Å²) in [5.41, 5.74) is 3.13. The summed E-state index contributed by atoms with van der Waals surface area (Å²) in [5.74, 6) is -1.98. The Balaban J connectivity index is 2.42. The van der Waals surface area contributed by atoms with E-state index in [2.05, 4.69) is 0 Å². The van der Waals surface area contributed by atoms with Gasteiger partial charge < -0.3 is 5.73 Å². The maximum Gasteiger partial charge on any atom is 0.418 e. The number of anilines is 1. The molecule has 0 aliphatic carbocycles. The van der Waals surface area contributed by atoms with E-state index in [4.69, 9.17) is 5.73 Å². The molecule has 0 unspecified atom stereocenters. The van der Waals surface area contributed by atoms with Crippen molar-refractivity contribution in [2.24, 2.45) is 0 Å². The first kappa shape index (κ1) is 18.1. The van der Waals surface area contributed by atoms with Gasteiger partial charge in [0.1, 0.15) is 5.82 Å². The van der Waals surface area contributed by atoms with Crippen LogP contribution in [0, 0.1) is 0 Å². The first-order valence-electron chi connectivity index (χ1n) is 7.26. The van der Waals surface area contributed by atoms with Crippen LogP contribution in [0.5, 0.6) is 0 Å². The number of thioether (sulfide) groups is 1. The number of halogens is 3. The molecule has 136 valence electrons. The van der Waals surface area contributed by atoms with Crippen LogP contribution in [0.4, 0.5) is 19.0 Å². The van der Waals surface area contributed by atoms with E-state index in [1.54, 1.807) is 6.26 Å². The van der Waals surface area contributed by atoms with E-state index in [-0.39, 0.29) is 22.4 Å². The van der Waals surface area contributed by atoms with Gasteiger partial charge >= 0.3 is 6.18 Å². The van der Waals surface area contributed by atoms with E-state index in [1.807, 2.05) is 5.32 Å². The van der Waals surface area contributed by atoms with E-state index in [0.29, 0.717) is 4.57 Å². The monoisotopic (exact) mass is 383 g/mol. The number of alkyl halides is 3. The lowest BCUT2D eigenvalue weighted by molar-refractivity contribution is -0.137. The van der Waals surface area contributed by atoms with Crippen LogP contribution < -0.4 is 16.6 Å². The number of nitrogens with two attached hydrogens (primary N) is 1. The fourth-order valence-electron chi connectivity index (χ4n) is 2.87. The summed E-state index contributed by atoms with van der Waals surface area (Å²) < 4.78 is 41.2. The summed E-state index contributed by atoms with van der Waals surface area (Å²) in [6.45, 7) is 0. The van der Waals surface area contributed by atoms with Crippen LogP contribution >= 0.6 is 11.8 Å². The lowest BCUT2D eigenvalue weighted by atomic mass is 10.1. The molecule has 26 heavy (non-hydrogen) atoms. The Hall–Kier alpha value is -2.75. The predicted molar refractivity (Wildman–Crippen MR) is 90.5 cm³/mol. The van der Waals surface area contributed by atoms with Gasteiger partial charge in [-0.25, -0.2) is 0 Å². The highest BCUT2D eigenvalue weighted by molar-refractivity contribution is 7.97. The molecule has 3 rings (SSSR count). The van der Waals surface area contributed by atoms with Gasteiger partial charge in [-0.1, -0.05) is 12.1 Å². The van der Waals surface area contributed by atoms with Crippen molar-refractivity contribution in [3.05, 3.63) is 56.9 Å². The molecule has 2 heterocycles. The number of imide groups is 1. The van der Waals surface area contributed by atoms with Crippen molar-refractivity contribution in [2.45, 2.75) is 11.9 Å². The molecule has 2 aromatic rings. The second-order valence-electron chi connectivity index (χ2n) is 5.52.